The van der Waals surface area contributed by atoms with Crippen LogP contribution < -0.4 is 11.6 Å². The second-order valence-corrected chi connectivity index (χ2v) is 4.32. The van der Waals surface area contributed by atoms with E-state index in [0.717, 1.165) is 0 Å². The van der Waals surface area contributed by atoms with Crippen molar-refractivity contribution in [1.29, 1.82) is 0 Å². The number of nitrogens with two attached hydrogens (primary N) is 2. The minimum atomic E-state index is 0.116. The molecule has 0 radical (unpaired) electrons. The Kier molecular flexibility index (Phi) is 7.52. The molecule has 0 amide bonds. The number of nitrogen functional groups attached to an aromatic ring is 1. The molecule has 24 heavy (non-hydrogen) atoms. The highest BCUT2D eigenvalue weighted by Gasteiger charge is 2.08. The number of hydrogen-bond acceptors (Lipinski definition) is 6. The molecule has 0 fully saturated rings. The molecule has 1 aromatic heterocycles. The minimum Gasteiger partial charge on any atom is -0.507 e. The van der Waals surface area contributed by atoms with Crippen molar-refractivity contribution < 1.29 is 5.11 Å². The fraction of sp³-hybridized carbons (Fsp3) is 0.167. The van der Waals surface area contributed by atoms with E-state index in [9.17, 15) is 5.11 Å². The zero-order valence-corrected chi connectivity index (χ0v) is 14.0. The SMILES string of the molecule is C/C=C(C#Cc1cc(-c2ccccc2O)nnc1N)\C=N/N.CC. The Hall–Kier alpha value is -3.33. The summed E-state index contributed by atoms with van der Waals surface area (Å²) in [6.45, 7) is 5.83. The number of hydrogen-bond donors (Lipinski definition) is 3. The van der Waals surface area contributed by atoms with Crippen molar-refractivity contribution in [2.75, 3.05) is 5.73 Å². The average Bonchev–Trinajstić information content (AvgIpc) is 2.62. The summed E-state index contributed by atoms with van der Waals surface area (Å²) in [4.78, 5) is 0. The Labute approximate surface area is 141 Å². The number of hydrazone groups is 1. The highest BCUT2D eigenvalue weighted by Crippen LogP contribution is 2.27. The number of aromatic hydroxyl groups is 1. The van der Waals surface area contributed by atoms with Crippen LogP contribution in [-0.2, 0) is 0 Å². The summed E-state index contributed by atoms with van der Waals surface area (Å²) in [6.07, 6.45) is 3.22. The van der Waals surface area contributed by atoms with Gasteiger partial charge in [0, 0.05) is 11.1 Å². The van der Waals surface area contributed by atoms with Crippen molar-refractivity contribution >= 4 is 12.0 Å². The maximum Gasteiger partial charge on any atom is 0.161 e. The number of nitrogens with zero attached hydrogens (tertiary/aromatic N) is 3. The monoisotopic (exact) mass is 323 g/mol. The van der Waals surface area contributed by atoms with E-state index in [4.69, 9.17) is 11.6 Å². The molecule has 2 aromatic rings. The first-order chi connectivity index (χ1) is 11.7. The fourth-order valence-corrected chi connectivity index (χ4v) is 1.72. The molecule has 1 aromatic carbocycles. The van der Waals surface area contributed by atoms with Crippen LogP contribution in [0.1, 0.15) is 26.3 Å². The van der Waals surface area contributed by atoms with Crippen LogP contribution in [0.4, 0.5) is 5.82 Å². The van der Waals surface area contributed by atoms with Gasteiger partial charge in [-0.05, 0) is 25.1 Å². The van der Waals surface area contributed by atoms with E-state index in [-0.39, 0.29) is 11.6 Å². The van der Waals surface area contributed by atoms with Crippen LogP contribution in [0, 0.1) is 11.8 Å². The Balaban J connectivity index is 0.00000139. The van der Waals surface area contributed by atoms with Crippen LogP contribution >= 0.6 is 0 Å². The fourth-order valence-electron chi connectivity index (χ4n) is 1.72. The molecule has 0 aliphatic rings. The lowest BCUT2D eigenvalue weighted by Gasteiger charge is -2.04. The number of anilines is 1. The van der Waals surface area contributed by atoms with Gasteiger partial charge in [0.15, 0.2) is 5.82 Å². The van der Waals surface area contributed by atoms with E-state index in [2.05, 4.69) is 27.1 Å². The number of phenols is 1. The lowest BCUT2D eigenvalue weighted by molar-refractivity contribution is 0.477. The summed E-state index contributed by atoms with van der Waals surface area (Å²) in [6, 6.07) is 8.53. The Morgan fingerprint density at radius 2 is 1.96 bits per heavy atom. The van der Waals surface area contributed by atoms with Gasteiger partial charge in [-0.25, -0.2) is 0 Å². The highest BCUT2D eigenvalue weighted by atomic mass is 16.3. The lowest BCUT2D eigenvalue weighted by atomic mass is 10.1. The smallest absolute Gasteiger partial charge is 0.161 e. The largest absolute Gasteiger partial charge is 0.507 e. The molecule has 2 rings (SSSR count). The molecule has 0 spiro atoms. The number of aromatic nitrogens is 2. The third-order valence-electron chi connectivity index (χ3n) is 2.87. The zero-order valence-electron chi connectivity index (χ0n) is 14.0. The third kappa shape index (κ3) is 4.85. The van der Waals surface area contributed by atoms with E-state index in [1.807, 2.05) is 20.8 Å². The number of para-hydroxylation sites is 1. The summed E-state index contributed by atoms with van der Waals surface area (Å²) in [5.74, 6) is 11.2. The highest BCUT2D eigenvalue weighted by molar-refractivity contribution is 5.84. The molecule has 0 unspecified atom stereocenters. The van der Waals surface area contributed by atoms with Crippen molar-refractivity contribution in [2.45, 2.75) is 20.8 Å². The van der Waals surface area contributed by atoms with Gasteiger partial charge in [-0.1, -0.05) is 43.9 Å². The first-order valence-electron chi connectivity index (χ1n) is 7.49. The molecule has 5 N–H and O–H groups in total. The molecule has 0 aliphatic heterocycles. The standard InChI is InChI=1S/C16H15N5O.C2H6/c1-2-11(10-19-18)7-8-12-9-14(20-21-16(12)17)13-5-3-4-6-15(13)22;1-2/h2-6,9-10,22H,18H2,1H3,(H2,17,21);1-2H3/b11-2-,19-10-;. The molecule has 0 saturated carbocycles. The van der Waals surface area contributed by atoms with E-state index in [1.165, 1.54) is 6.21 Å². The second kappa shape index (κ2) is 9.64. The predicted molar refractivity (Wildman–Crippen MR) is 98.2 cm³/mol. The Morgan fingerprint density at radius 1 is 1.25 bits per heavy atom. The maximum atomic E-state index is 9.87. The number of rotatable bonds is 2. The van der Waals surface area contributed by atoms with Gasteiger partial charge in [0.1, 0.15) is 5.75 Å². The first kappa shape index (κ1) is 18.7. The number of phenolic OH excluding ortho intramolecular Hbond substituents is 1. The molecule has 1 heterocycles. The van der Waals surface area contributed by atoms with Crippen LogP contribution in [0.2, 0.25) is 0 Å². The quantitative estimate of drug-likeness (QED) is 0.340. The van der Waals surface area contributed by atoms with Gasteiger partial charge in [-0.15, -0.1) is 10.2 Å². The number of benzene rings is 1. The lowest BCUT2D eigenvalue weighted by Crippen LogP contribution is -1.99. The van der Waals surface area contributed by atoms with E-state index in [0.29, 0.717) is 22.4 Å². The predicted octanol–water partition coefficient (Wildman–Crippen LogP) is 2.70. The molecule has 6 heteroatoms. The average molecular weight is 323 g/mol. The molecule has 6 nitrogen and oxygen atoms in total. The van der Waals surface area contributed by atoms with Crippen molar-refractivity contribution in [3.8, 4) is 28.8 Å². The zero-order chi connectivity index (χ0) is 17.9. The van der Waals surface area contributed by atoms with E-state index in [1.54, 1.807) is 36.4 Å². The summed E-state index contributed by atoms with van der Waals surface area (Å²) in [5, 5.41) is 21.2. The third-order valence-corrected chi connectivity index (χ3v) is 2.87. The summed E-state index contributed by atoms with van der Waals surface area (Å²) in [7, 11) is 0. The summed E-state index contributed by atoms with van der Waals surface area (Å²) < 4.78 is 0. The summed E-state index contributed by atoms with van der Waals surface area (Å²) in [5.41, 5.74) is 8.01. The van der Waals surface area contributed by atoms with E-state index < -0.39 is 0 Å². The molecule has 124 valence electrons. The Bertz CT molecular complexity index is 801. The van der Waals surface area contributed by atoms with Crippen molar-refractivity contribution in [3.63, 3.8) is 0 Å². The van der Waals surface area contributed by atoms with Crippen LogP contribution in [0.25, 0.3) is 11.3 Å². The van der Waals surface area contributed by atoms with Crippen molar-refractivity contribution in [1.82, 2.24) is 10.2 Å². The van der Waals surface area contributed by atoms with Crippen molar-refractivity contribution in [3.05, 3.63) is 47.5 Å². The topological polar surface area (TPSA) is 110 Å². The van der Waals surface area contributed by atoms with Crippen LogP contribution in [0.3, 0.4) is 0 Å². The molecular formula is C18H21N5O. The van der Waals surface area contributed by atoms with Gasteiger partial charge < -0.3 is 16.7 Å². The molecular weight excluding hydrogens is 302 g/mol. The van der Waals surface area contributed by atoms with E-state index >= 15 is 0 Å². The molecule has 0 atom stereocenters. The van der Waals surface area contributed by atoms with Gasteiger partial charge in [-0.2, -0.15) is 5.10 Å². The van der Waals surface area contributed by atoms with Gasteiger partial charge in [0.2, 0.25) is 0 Å². The normalized spacial score (nSPS) is 10.5. The van der Waals surface area contributed by atoms with Gasteiger partial charge >= 0.3 is 0 Å². The van der Waals surface area contributed by atoms with Gasteiger partial charge in [0.25, 0.3) is 0 Å². The Morgan fingerprint density at radius 3 is 2.58 bits per heavy atom. The molecule has 0 saturated heterocycles. The maximum absolute atomic E-state index is 9.87. The minimum absolute atomic E-state index is 0.116. The van der Waals surface area contributed by atoms with Gasteiger partial charge in [-0.3, -0.25) is 0 Å². The van der Waals surface area contributed by atoms with Crippen LogP contribution in [0.5, 0.6) is 5.75 Å². The molecule has 0 aliphatic carbocycles. The van der Waals surface area contributed by atoms with Crippen LogP contribution in [0.15, 0.2) is 47.1 Å². The molecule has 0 bridgehead atoms. The van der Waals surface area contributed by atoms with Gasteiger partial charge in [0.05, 0.1) is 17.5 Å². The first-order valence-corrected chi connectivity index (χ1v) is 7.49. The second-order valence-electron chi connectivity index (χ2n) is 4.32. The van der Waals surface area contributed by atoms with Crippen LogP contribution in [-0.4, -0.2) is 21.5 Å². The van der Waals surface area contributed by atoms with Crippen molar-refractivity contribution in [2.24, 2.45) is 10.9 Å². The number of allylic oxidation sites excluding steroid dienone is 2. The summed E-state index contributed by atoms with van der Waals surface area (Å²) >= 11 is 0.